The summed E-state index contributed by atoms with van der Waals surface area (Å²) in [5.74, 6) is 0.0852. The molecule has 0 radical (unpaired) electrons. The summed E-state index contributed by atoms with van der Waals surface area (Å²) in [5.41, 5.74) is 3.62. The van der Waals surface area contributed by atoms with Crippen molar-refractivity contribution >= 4 is 28.9 Å². The maximum Gasteiger partial charge on any atom is 0.246 e. The number of nitrogens with zero attached hydrogens (tertiary/aromatic N) is 1. The average molecular weight is 337 g/mol. The third kappa shape index (κ3) is 3.99. The predicted molar refractivity (Wildman–Crippen MR) is 101 cm³/mol. The molecular weight excluding hydrogens is 314 g/mol. The second-order valence-corrected chi connectivity index (χ2v) is 6.37. The Kier molecular flexibility index (Phi) is 5.03. The van der Waals surface area contributed by atoms with Crippen LogP contribution in [0.25, 0.3) is 0 Å². The van der Waals surface area contributed by atoms with E-state index in [2.05, 4.69) is 10.6 Å². The molecule has 2 aromatic rings. The second-order valence-electron chi connectivity index (χ2n) is 6.37. The molecule has 5 heteroatoms. The molecule has 25 heavy (non-hydrogen) atoms. The number of hydrogen-bond acceptors (Lipinski definition) is 3. The molecule has 3 rings (SSSR count). The summed E-state index contributed by atoms with van der Waals surface area (Å²) in [5, 5.41) is 6.10. The van der Waals surface area contributed by atoms with Crippen molar-refractivity contribution in [2.75, 3.05) is 22.1 Å². The Morgan fingerprint density at radius 3 is 2.52 bits per heavy atom. The third-order valence-corrected chi connectivity index (χ3v) is 4.38. The number of anilines is 3. The standard InChI is InChI=1S/C20H23N3O2/c1-14-13-17(10-11-18(14)23-12-6-9-19(23)24)21-15(2)20(25)22-16-7-4-3-5-8-16/h3-5,7-8,10-11,13,15,21H,6,9,12H2,1-2H3,(H,22,25)/t15-/m1/s1. The Hall–Kier alpha value is -2.82. The lowest BCUT2D eigenvalue weighted by molar-refractivity contribution is -0.117. The highest BCUT2D eigenvalue weighted by Gasteiger charge is 2.23. The van der Waals surface area contributed by atoms with E-state index < -0.39 is 0 Å². The van der Waals surface area contributed by atoms with E-state index in [4.69, 9.17) is 0 Å². The fourth-order valence-corrected chi connectivity index (χ4v) is 3.04. The largest absolute Gasteiger partial charge is 0.374 e. The molecule has 2 aromatic carbocycles. The van der Waals surface area contributed by atoms with Crippen LogP contribution in [-0.2, 0) is 9.59 Å². The van der Waals surface area contributed by atoms with Crippen LogP contribution in [0.3, 0.4) is 0 Å². The van der Waals surface area contributed by atoms with E-state index in [0.29, 0.717) is 6.42 Å². The average Bonchev–Trinajstić information content (AvgIpc) is 3.01. The number of benzene rings is 2. The fourth-order valence-electron chi connectivity index (χ4n) is 3.04. The molecule has 2 N–H and O–H groups in total. The van der Waals surface area contributed by atoms with Crippen molar-refractivity contribution in [1.29, 1.82) is 0 Å². The zero-order valence-electron chi connectivity index (χ0n) is 14.6. The lowest BCUT2D eigenvalue weighted by Crippen LogP contribution is -2.32. The van der Waals surface area contributed by atoms with Gasteiger partial charge >= 0.3 is 0 Å². The van der Waals surface area contributed by atoms with Crippen LogP contribution >= 0.6 is 0 Å². The van der Waals surface area contributed by atoms with Gasteiger partial charge in [-0.3, -0.25) is 9.59 Å². The lowest BCUT2D eigenvalue weighted by atomic mass is 10.1. The van der Waals surface area contributed by atoms with Gasteiger partial charge in [0.1, 0.15) is 6.04 Å². The molecule has 2 amide bonds. The summed E-state index contributed by atoms with van der Waals surface area (Å²) in [6.45, 7) is 4.59. The molecule has 0 aromatic heterocycles. The molecule has 0 saturated carbocycles. The quantitative estimate of drug-likeness (QED) is 0.877. The van der Waals surface area contributed by atoms with Gasteiger partial charge in [0, 0.05) is 30.0 Å². The zero-order chi connectivity index (χ0) is 17.8. The SMILES string of the molecule is Cc1cc(N[C@H](C)C(=O)Nc2ccccc2)ccc1N1CCCC1=O. The van der Waals surface area contributed by atoms with Gasteiger partial charge in [0.25, 0.3) is 0 Å². The van der Waals surface area contributed by atoms with Crippen LogP contribution < -0.4 is 15.5 Å². The first kappa shape index (κ1) is 17.0. The molecule has 0 bridgehead atoms. The van der Waals surface area contributed by atoms with Crippen LogP contribution in [0, 0.1) is 6.92 Å². The van der Waals surface area contributed by atoms with E-state index in [1.807, 2.05) is 67.3 Å². The summed E-state index contributed by atoms with van der Waals surface area (Å²) < 4.78 is 0. The van der Waals surface area contributed by atoms with Crippen molar-refractivity contribution < 1.29 is 9.59 Å². The number of aryl methyl sites for hydroxylation is 1. The molecule has 0 spiro atoms. The monoisotopic (exact) mass is 337 g/mol. The molecule has 0 unspecified atom stereocenters. The van der Waals surface area contributed by atoms with Gasteiger partial charge in [0.2, 0.25) is 11.8 Å². The van der Waals surface area contributed by atoms with E-state index in [1.165, 1.54) is 0 Å². The lowest BCUT2D eigenvalue weighted by Gasteiger charge is -2.20. The highest BCUT2D eigenvalue weighted by molar-refractivity contribution is 5.97. The topological polar surface area (TPSA) is 61.4 Å². The molecule has 0 aliphatic carbocycles. The number of carbonyl (C=O) groups is 2. The van der Waals surface area contributed by atoms with E-state index in [1.54, 1.807) is 0 Å². The summed E-state index contributed by atoms with van der Waals surface area (Å²) in [6.07, 6.45) is 1.53. The Morgan fingerprint density at radius 1 is 1.12 bits per heavy atom. The minimum Gasteiger partial charge on any atom is -0.374 e. The minimum atomic E-state index is -0.376. The van der Waals surface area contributed by atoms with E-state index in [9.17, 15) is 9.59 Å². The third-order valence-electron chi connectivity index (χ3n) is 4.38. The van der Waals surface area contributed by atoms with Gasteiger partial charge in [-0.2, -0.15) is 0 Å². The predicted octanol–water partition coefficient (Wildman–Crippen LogP) is 3.56. The van der Waals surface area contributed by atoms with Gasteiger partial charge < -0.3 is 15.5 Å². The molecule has 1 saturated heterocycles. The van der Waals surface area contributed by atoms with Crippen molar-refractivity contribution in [2.45, 2.75) is 32.7 Å². The molecule has 130 valence electrons. The van der Waals surface area contributed by atoms with Crippen LogP contribution in [0.5, 0.6) is 0 Å². The number of carbonyl (C=O) groups excluding carboxylic acids is 2. The number of nitrogens with one attached hydrogen (secondary N) is 2. The Balaban J connectivity index is 1.65. The summed E-state index contributed by atoms with van der Waals surface area (Å²) >= 11 is 0. The van der Waals surface area contributed by atoms with Crippen LogP contribution in [0.4, 0.5) is 17.1 Å². The second kappa shape index (κ2) is 7.38. The molecule has 1 aliphatic rings. The fraction of sp³-hybridized carbons (Fsp3) is 0.300. The van der Waals surface area contributed by atoms with E-state index in [0.717, 1.165) is 35.6 Å². The molecule has 1 fully saturated rings. The zero-order valence-corrected chi connectivity index (χ0v) is 14.6. The van der Waals surface area contributed by atoms with Gasteiger partial charge in [0.15, 0.2) is 0 Å². The van der Waals surface area contributed by atoms with Crippen molar-refractivity contribution in [3.63, 3.8) is 0 Å². The first-order valence-electron chi connectivity index (χ1n) is 8.58. The van der Waals surface area contributed by atoms with Gasteiger partial charge in [-0.1, -0.05) is 18.2 Å². The van der Waals surface area contributed by atoms with Crippen molar-refractivity contribution in [1.82, 2.24) is 0 Å². The summed E-state index contributed by atoms with van der Waals surface area (Å²) in [6, 6.07) is 14.9. The number of amides is 2. The minimum absolute atomic E-state index is 0.0948. The highest BCUT2D eigenvalue weighted by atomic mass is 16.2. The Labute approximate surface area is 148 Å². The van der Waals surface area contributed by atoms with Gasteiger partial charge in [-0.15, -0.1) is 0 Å². The van der Waals surface area contributed by atoms with E-state index >= 15 is 0 Å². The molecular formula is C20H23N3O2. The van der Waals surface area contributed by atoms with Gasteiger partial charge in [0.05, 0.1) is 0 Å². The summed E-state index contributed by atoms with van der Waals surface area (Å²) in [7, 11) is 0. The number of para-hydroxylation sites is 1. The van der Waals surface area contributed by atoms with Crippen LogP contribution in [0.2, 0.25) is 0 Å². The maximum atomic E-state index is 12.3. The van der Waals surface area contributed by atoms with Gasteiger partial charge in [-0.05, 0) is 56.2 Å². The van der Waals surface area contributed by atoms with Crippen LogP contribution in [0.15, 0.2) is 48.5 Å². The van der Waals surface area contributed by atoms with Crippen molar-refractivity contribution in [3.8, 4) is 0 Å². The first-order valence-corrected chi connectivity index (χ1v) is 8.58. The molecule has 1 aliphatic heterocycles. The normalized spacial score (nSPS) is 15.1. The molecule has 5 nitrogen and oxygen atoms in total. The first-order chi connectivity index (χ1) is 12.0. The van der Waals surface area contributed by atoms with Crippen LogP contribution in [-0.4, -0.2) is 24.4 Å². The number of rotatable bonds is 5. The summed E-state index contributed by atoms with van der Waals surface area (Å²) in [4.78, 5) is 26.0. The van der Waals surface area contributed by atoms with Gasteiger partial charge in [-0.25, -0.2) is 0 Å². The van der Waals surface area contributed by atoms with E-state index in [-0.39, 0.29) is 17.9 Å². The molecule has 1 atom stereocenters. The Morgan fingerprint density at radius 2 is 1.88 bits per heavy atom. The van der Waals surface area contributed by atoms with Crippen LogP contribution in [0.1, 0.15) is 25.3 Å². The smallest absolute Gasteiger partial charge is 0.246 e. The maximum absolute atomic E-state index is 12.3. The number of hydrogen-bond donors (Lipinski definition) is 2. The van der Waals surface area contributed by atoms with Crippen molar-refractivity contribution in [3.05, 3.63) is 54.1 Å². The molecule has 1 heterocycles. The highest BCUT2D eigenvalue weighted by Crippen LogP contribution is 2.27. The Bertz CT molecular complexity index is 774. The van der Waals surface area contributed by atoms with Crippen molar-refractivity contribution in [2.24, 2.45) is 0 Å².